The van der Waals surface area contributed by atoms with Crippen LogP contribution in [0, 0.1) is 0 Å². The van der Waals surface area contributed by atoms with Gasteiger partial charge in [-0.2, -0.15) is 0 Å². The third kappa shape index (κ3) is 3.84. The first-order valence-electron chi connectivity index (χ1n) is 5.29. The number of benzene rings is 2. The summed E-state index contributed by atoms with van der Waals surface area (Å²) in [6, 6.07) is 16.4. The largest absolute Gasteiger partial charge is 0.0843 e. The fraction of sp³-hybridized carbons (Fsp3) is 0.143. The van der Waals surface area contributed by atoms with Crippen LogP contribution >= 0.6 is 43.5 Å². The van der Waals surface area contributed by atoms with Gasteiger partial charge < -0.3 is 0 Å². The lowest BCUT2D eigenvalue weighted by Gasteiger charge is -2.10. The molecule has 88 valence electrons. The second-order valence-electron chi connectivity index (χ2n) is 3.85. The van der Waals surface area contributed by atoms with Crippen LogP contribution in [-0.2, 0) is 6.42 Å². The van der Waals surface area contributed by atoms with Crippen LogP contribution in [0.5, 0.6) is 0 Å². The standard InChI is InChI=1S/C14H11Br2Cl/c15-12-5-3-11(4-6-12)14(16)9-10-1-7-13(17)8-2-10/h1-8,14H,9H2. The Morgan fingerprint density at radius 2 is 1.53 bits per heavy atom. The van der Waals surface area contributed by atoms with E-state index in [1.165, 1.54) is 11.1 Å². The zero-order valence-corrected chi connectivity index (χ0v) is 13.0. The third-order valence-electron chi connectivity index (χ3n) is 2.56. The molecular weight excluding hydrogens is 363 g/mol. The Balaban J connectivity index is 2.08. The van der Waals surface area contributed by atoms with Crippen LogP contribution in [0.4, 0.5) is 0 Å². The highest BCUT2D eigenvalue weighted by Crippen LogP contribution is 2.28. The van der Waals surface area contributed by atoms with Gasteiger partial charge in [-0.3, -0.25) is 0 Å². The Hall–Kier alpha value is -0.310. The van der Waals surface area contributed by atoms with E-state index in [1.54, 1.807) is 0 Å². The van der Waals surface area contributed by atoms with Crippen LogP contribution < -0.4 is 0 Å². The number of halogens is 3. The van der Waals surface area contributed by atoms with Crippen molar-refractivity contribution in [1.82, 2.24) is 0 Å². The Kier molecular flexibility index (Phi) is 4.66. The summed E-state index contributed by atoms with van der Waals surface area (Å²) in [5, 5.41) is 0.781. The van der Waals surface area contributed by atoms with Crippen molar-refractivity contribution in [2.45, 2.75) is 11.2 Å². The first-order valence-corrected chi connectivity index (χ1v) is 7.38. The summed E-state index contributed by atoms with van der Waals surface area (Å²) in [4.78, 5) is 0.330. The highest BCUT2D eigenvalue weighted by molar-refractivity contribution is 9.10. The highest BCUT2D eigenvalue weighted by atomic mass is 79.9. The molecule has 2 rings (SSSR count). The lowest BCUT2D eigenvalue weighted by Crippen LogP contribution is -1.94. The van der Waals surface area contributed by atoms with Gasteiger partial charge in [0.05, 0.1) is 0 Å². The molecule has 0 N–H and O–H groups in total. The Labute approximate surface area is 123 Å². The van der Waals surface area contributed by atoms with E-state index >= 15 is 0 Å². The lowest BCUT2D eigenvalue weighted by molar-refractivity contribution is 0.948. The van der Waals surface area contributed by atoms with Gasteiger partial charge in [-0.05, 0) is 41.8 Å². The zero-order valence-electron chi connectivity index (χ0n) is 9.04. The average molecular weight is 375 g/mol. The molecule has 0 amide bonds. The molecule has 0 bridgehead atoms. The van der Waals surface area contributed by atoms with Crippen LogP contribution in [0.2, 0.25) is 5.02 Å². The summed E-state index contributed by atoms with van der Waals surface area (Å²) >= 11 is 13.0. The maximum atomic E-state index is 5.87. The fourth-order valence-corrected chi connectivity index (χ4v) is 2.69. The van der Waals surface area contributed by atoms with Gasteiger partial charge in [0, 0.05) is 14.3 Å². The van der Waals surface area contributed by atoms with Crippen molar-refractivity contribution in [3.8, 4) is 0 Å². The van der Waals surface area contributed by atoms with Crippen LogP contribution in [0.1, 0.15) is 16.0 Å². The van der Waals surface area contributed by atoms with E-state index in [9.17, 15) is 0 Å². The summed E-state index contributed by atoms with van der Waals surface area (Å²) in [7, 11) is 0. The Morgan fingerprint density at radius 1 is 0.941 bits per heavy atom. The first-order chi connectivity index (χ1) is 8.15. The van der Waals surface area contributed by atoms with E-state index in [4.69, 9.17) is 11.6 Å². The van der Waals surface area contributed by atoms with Crippen molar-refractivity contribution >= 4 is 43.5 Å². The second kappa shape index (κ2) is 6.03. The molecule has 2 aromatic rings. The van der Waals surface area contributed by atoms with Crippen molar-refractivity contribution in [1.29, 1.82) is 0 Å². The number of hydrogen-bond donors (Lipinski definition) is 0. The van der Waals surface area contributed by atoms with E-state index < -0.39 is 0 Å². The summed E-state index contributed by atoms with van der Waals surface area (Å²) in [6.45, 7) is 0. The molecule has 0 aliphatic heterocycles. The van der Waals surface area contributed by atoms with E-state index in [0.29, 0.717) is 4.83 Å². The molecule has 2 aromatic carbocycles. The second-order valence-corrected chi connectivity index (χ2v) is 6.31. The third-order valence-corrected chi connectivity index (χ3v) is 4.19. The molecule has 1 unspecified atom stereocenters. The molecule has 17 heavy (non-hydrogen) atoms. The Bertz CT molecular complexity index is 477. The first kappa shape index (κ1) is 13.1. The predicted molar refractivity (Wildman–Crippen MR) is 81.0 cm³/mol. The highest BCUT2D eigenvalue weighted by Gasteiger charge is 2.08. The molecule has 0 aliphatic carbocycles. The van der Waals surface area contributed by atoms with Crippen molar-refractivity contribution in [3.05, 3.63) is 69.2 Å². The molecule has 0 radical (unpaired) electrons. The predicted octanol–water partition coefficient (Wildman–Crippen LogP) is 5.78. The molecular formula is C14H11Br2Cl. The quantitative estimate of drug-likeness (QED) is 0.597. The number of rotatable bonds is 3. The smallest absolute Gasteiger partial charge is 0.0435 e. The van der Waals surface area contributed by atoms with Gasteiger partial charge in [-0.1, -0.05) is 67.7 Å². The molecule has 0 saturated heterocycles. The lowest BCUT2D eigenvalue weighted by atomic mass is 10.0. The molecule has 3 heteroatoms. The maximum absolute atomic E-state index is 5.87. The summed E-state index contributed by atoms with van der Waals surface area (Å²) in [5.74, 6) is 0. The minimum atomic E-state index is 0.330. The topological polar surface area (TPSA) is 0 Å². The van der Waals surface area contributed by atoms with Crippen molar-refractivity contribution in [2.75, 3.05) is 0 Å². The molecule has 0 nitrogen and oxygen atoms in total. The fourth-order valence-electron chi connectivity index (χ4n) is 1.62. The van der Waals surface area contributed by atoms with Gasteiger partial charge in [-0.25, -0.2) is 0 Å². The summed E-state index contributed by atoms with van der Waals surface area (Å²) in [6.07, 6.45) is 0.957. The molecule has 0 aliphatic rings. The molecule has 1 atom stereocenters. The minimum Gasteiger partial charge on any atom is -0.0843 e. The Morgan fingerprint density at radius 3 is 2.12 bits per heavy atom. The van der Waals surface area contributed by atoms with E-state index in [-0.39, 0.29) is 0 Å². The maximum Gasteiger partial charge on any atom is 0.0435 e. The minimum absolute atomic E-state index is 0.330. The van der Waals surface area contributed by atoms with Gasteiger partial charge in [-0.15, -0.1) is 0 Å². The van der Waals surface area contributed by atoms with E-state index in [2.05, 4.69) is 68.3 Å². The van der Waals surface area contributed by atoms with Gasteiger partial charge >= 0.3 is 0 Å². The number of alkyl halides is 1. The van der Waals surface area contributed by atoms with Crippen LogP contribution in [0.25, 0.3) is 0 Å². The molecule has 0 saturated carbocycles. The van der Waals surface area contributed by atoms with E-state index in [0.717, 1.165) is 15.9 Å². The van der Waals surface area contributed by atoms with Crippen LogP contribution in [-0.4, -0.2) is 0 Å². The van der Waals surface area contributed by atoms with E-state index in [1.807, 2.05) is 12.1 Å². The van der Waals surface area contributed by atoms with Gasteiger partial charge in [0.15, 0.2) is 0 Å². The molecule has 0 spiro atoms. The monoisotopic (exact) mass is 372 g/mol. The van der Waals surface area contributed by atoms with Crippen molar-refractivity contribution in [2.24, 2.45) is 0 Å². The summed E-state index contributed by atoms with van der Waals surface area (Å²) < 4.78 is 1.10. The van der Waals surface area contributed by atoms with Gasteiger partial charge in [0.25, 0.3) is 0 Å². The van der Waals surface area contributed by atoms with Crippen LogP contribution in [0.3, 0.4) is 0 Å². The number of hydrogen-bond acceptors (Lipinski definition) is 0. The molecule has 0 heterocycles. The normalized spacial score (nSPS) is 12.4. The van der Waals surface area contributed by atoms with Gasteiger partial charge in [0.1, 0.15) is 0 Å². The molecule has 0 fully saturated rings. The summed E-state index contributed by atoms with van der Waals surface area (Å²) in [5.41, 5.74) is 2.56. The average Bonchev–Trinajstić information content (AvgIpc) is 2.33. The SMILES string of the molecule is Clc1ccc(CC(Br)c2ccc(Br)cc2)cc1. The van der Waals surface area contributed by atoms with Crippen LogP contribution in [0.15, 0.2) is 53.0 Å². The van der Waals surface area contributed by atoms with Crippen molar-refractivity contribution in [3.63, 3.8) is 0 Å². The zero-order chi connectivity index (χ0) is 12.3. The van der Waals surface area contributed by atoms with Gasteiger partial charge in [0.2, 0.25) is 0 Å². The molecule has 0 aromatic heterocycles. The van der Waals surface area contributed by atoms with Crippen molar-refractivity contribution < 1.29 is 0 Å².